The predicted octanol–water partition coefficient (Wildman–Crippen LogP) is 5.21. The molecule has 0 saturated carbocycles. The quantitative estimate of drug-likeness (QED) is 0.270. The standard InChI is InChI=1S/C29H34ClF4N5O3/c1-16-11-28(6-4-8-39(28)12-16)15-42-26-36-20-10-21(22-23(29(32,33)34)18(30)9-19(35)24(22)31)41-13-17(20)25(37-26)38-7-3-5-27(2,40)14-38/h9,21,40H,1,3-8,10-15,35H2,2H3. The minimum Gasteiger partial charge on any atom is -0.461 e. The van der Waals surface area contributed by atoms with Gasteiger partial charge in [-0.15, -0.1) is 0 Å². The Morgan fingerprint density at radius 2 is 2.02 bits per heavy atom. The van der Waals surface area contributed by atoms with E-state index in [1.807, 2.05) is 4.90 Å². The number of halogens is 5. The van der Waals surface area contributed by atoms with Gasteiger partial charge in [0.15, 0.2) is 5.82 Å². The fourth-order valence-electron chi connectivity index (χ4n) is 7.04. The third kappa shape index (κ3) is 5.31. The highest BCUT2D eigenvalue weighted by atomic mass is 35.5. The Bertz CT molecular complexity index is 1420. The Labute approximate surface area is 246 Å². The van der Waals surface area contributed by atoms with Crippen LogP contribution in [0.2, 0.25) is 5.02 Å². The van der Waals surface area contributed by atoms with Gasteiger partial charge in [0.2, 0.25) is 0 Å². The van der Waals surface area contributed by atoms with Crippen LogP contribution >= 0.6 is 11.6 Å². The molecule has 42 heavy (non-hydrogen) atoms. The first-order valence-electron chi connectivity index (χ1n) is 14.1. The fraction of sp³-hybridized carbons (Fsp3) is 0.586. The van der Waals surface area contributed by atoms with Crippen molar-refractivity contribution in [2.75, 3.05) is 43.4 Å². The maximum atomic E-state index is 15.2. The zero-order valence-corrected chi connectivity index (χ0v) is 24.1. The van der Waals surface area contributed by atoms with Crippen molar-refractivity contribution < 1.29 is 32.1 Å². The average Bonchev–Trinajstić information content (AvgIpc) is 3.43. The number of nitrogens with two attached hydrogens (primary N) is 1. The van der Waals surface area contributed by atoms with Gasteiger partial charge in [0.1, 0.15) is 12.4 Å². The first-order valence-corrected chi connectivity index (χ1v) is 14.5. The Morgan fingerprint density at radius 1 is 1.26 bits per heavy atom. The molecule has 5 heterocycles. The normalized spacial score (nSPS) is 28.2. The Morgan fingerprint density at radius 3 is 2.76 bits per heavy atom. The van der Waals surface area contributed by atoms with Gasteiger partial charge in [-0.05, 0) is 51.6 Å². The summed E-state index contributed by atoms with van der Waals surface area (Å²) >= 11 is 5.94. The highest BCUT2D eigenvalue weighted by Crippen LogP contribution is 2.46. The Kier molecular flexibility index (Phi) is 7.35. The van der Waals surface area contributed by atoms with Gasteiger partial charge in [-0.2, -0.15) is 23.1 Å². The molecule has 0 bridgehead atoms. The summed E-state index contributed by atoms with van der Waals surface area (Å²) in [5.74, 6) is -0.730. The van der Waals surface area contributed by atoms with E-state index >= 15 is 4.39 Å². The van der Waals surface area contributed by atoms with Gasteiger partial charge in [0.25, 0.3) is 0 Å². The number of aromatic nitrogens is 2. The number of hydrogen-bond donors (Lipinski definition) is 2. The third-order valence-corrected chi connectivity index (χ3v) is 9.22. The maximum Gasteiger partial charge on any atom is 0.418 e. The molecule has 0 aliphatic carbocycles. The number of nitrogens with zero attached hydrogens (tertiary/aromatic N) is 4. The van der Waals surface area contributed by atoms with Crippen molar-refractivity contribution in [3.8, 4) is 6.01 Å². The van der Waals surface area contributed by atoms with Gasteiger partial charge in [0.05, 0.1) is 45.8 Å². The fourth-order valence-corrected chi connectivity index (χ4v) is 7.37. The molecular formula is C29H34ClF4N5O3. The van der Waals surface area contributed by atoms with Crippen molar-refractivity contribution >= 4 is 23.1 Å². The van der Waals surface area contributed by atoms with Gasteiger partial charge in [-0.25, -0.2) is 4.39 Å². The largest absolute Gasteiger partial charge is 0.461 e. The van der Waals surface area contributed by atoms with Gasteiger partial charge >= 0.3 is 12.2 Å². The van der Waals surface area contributed by atoms with Crippen LogP contribution < -0.4 is 15.4 Å². The van der Waals surface area contributed by atoms with Gasteiger partial charge in [0, 0.05) is 37.2 Å². The second kappa shape index (κ2) is 10.5. The number of piperidine rings is 1. The number of anilines is 2. The molecule has 13 heteroatoms. The summed E-state index contributed by atoms with van der Waals surface area (Å²) in [5, 5.41) is 10.1. The molecule has 1 aromatic carbocycles. The highest BCUT2D eigenvalue weighted by Gasteiger charge is 2.47. The van der Waals surface area contributed by atoms with E-state index in [2.05, 4.69) is 16.5 Å². The van der Waals surface area contributed by atoms with E-state index in [1.165, 1.54) is 0 Å². The molecule has 4 aliphatic rings. The summed E-state index contributed by atoms with van der Waals surface area (Å²) in [5.41, 5.74) is 4.08. The molecule has 4 aliphatic heterocycles. The van der Waals surface area contributed by atoms with Crippen molar-refractivity contribution in [1.29, 1.82) is 0 Å². The lowest BCUT2D eigenvalue weighted by Crippen LogP contribution is -2.47. The zero-order chi connectivity index (χ0) is 30.0. The monoisotopic (exact) mass is 611 g/mol. The van der Waals surface area contributed by atoms with E-state index in [0.29, 0.717) is 49.6 Å². The summed E-state index contributed by atoms with van der Waals surface area (Å²) in [7, 11) is 0. The molecule has 228 valence electrons. The van der Waals surface area contributed by atoms with Crippen LogP contribution in [-0.4, -0.2) is 63.9 Å². The Hall–Kier alpha value is -2.67. The zero-order valence-electron chi connectivity index (χ0n) is 23.4. The van der Waals surface area contributed by atoms with E-state index in [1.54, 1.807) is 6.92 Å². The molecule has 3 N–H and O–H groups in total. The molecule has 6 rings (SSSR count). The van der Waals surface area contributed by atoms with Crippen LogP contribution in [0.1, 0.15) is 67.5 Å². The maximum absolute atomic E-state index is 15.2. The van der Waals surface area contributed by atoms with Crippen molar-refractivity contribution in [1.82, 2.24) is 14.9 Å². The highest BCUT2D eigenvalue weighted by molar-refractivity contribution is 6.31. The van der Waals surface area contributed by atoms with Crippen molar-refractivity contribution in [2.24, 2.45) is 0 Å². The van der Waals surface area contributed by atoms with E-state index < -0.39 is 45.5 Å². The molecule has 1 aromatic heterocycles. The molecule has 0 spiro atoms. The third-order valence-electron chi connectivity index (χ3n) is 8.92. The van der Waals surface area contributed by atoms with Crippen LogP contribution in [0.15, 0.2) is 18.2 Å². The molecule has 0 amide bonds. The van der Waals surface area contributed by atoms with E-state index in [4.69, 9.17) is 31.8 Å². The summed E-state index contributed by atoms with van der Waals surface area (Å²) in [6, 6.07) is 0.841. The van der Waals surface area contributed by atoms with E-state index in [9.17, 15) is 18.3 Å². The summed E-state index contributed by atoms with van der Waals surface area (Å²) in [6.07, 6.45) is -2.33. The number of aliphatic hydroxyl groups is 1. The second-order valence-corrected chi connectivity index (χ2v) is 12.7. The Balaban J connectivity index is 1.38. The predicted molar refractivity (Wildman–Crippen MR) is 149 cm³/mol. The lowest BCUT2D eigenvalue weighted by Gasteiger charge is -2.39. The molecule has 8 nitrogen and oxygen atoms in total. The van der Waals surface area contributed by atoms with Gasteiger partial charge in [-0.3, -0.25) is 4.90 Å². The number of benzene rings is 1. The molecule has 3 unspecified atom stereocenters. The molecule has 3 fully saturated rings. The number of rotatable bonds is 5. The van der Waals surface area contributed by atoms with Crippen LogP contribution in [0.5, 0.6) is 6.01 Å². The molecule has 2 aromatic rings. The van der Waals surface area contributed by atoms with Crippen molar-refractivity contribution in [3.63, 3.8) is 0 Å². The van der Waals surface area contributed by atoms with Crippen LogP contribution in [0.25, 0.3) is 0 Å². The minimum atomic E-state index is -4.94. The van der Waals surface area contributed by atoms with Crippen molar-refractivity contribution in [2.45, 2.75) is 75.5 Å². The molecule has 3 saturated heterocycles. The molecule has 3 atom stereocenters. The number of fused-ring (bicyclic) bond motifs is 2. The van der Waals surface area contributed by atoms with Crippen LogP contribution in [-0.2, 0) is 23.9 Å². The molecular weight excluding hydrogens is 578 g/mol. The summed E-state index contributed by atoms with van der Waals surface area (Å²) < 4.78 is 69.6. The first kappa shape index (κ1) is 29.4. The first-order chi connectivity index (χ1) is 19.8. The van der Waals surface area contributed by atoms with Crippen LogP contribution in [0.3, 0.4) is 0 Å². The number of hydrogen-bond acceptors (Lipinski definition) is 8. The van der Waals surface area contributed by atoms with Crippen LogP contribution in [0, 0.1) is 5.82 Å². The average molecular weight is 612 g/mol. The van der Waals surface area contributed by atoms with Crippen LogP contribution in [0.4, 0.5) is 29.1 Å². The molecule has 0 radical (unpaired) electrons. The topological polar surface area (TPSA) is 97.0 Å². The lowest BCUT2D eigenvalue weighted by molar-refractivity contribution is -0.140. The minimum absolute atomic E-state index is 0.0791. The smallest absolute Gasteiger partial charge is 0.418 e. The number of nitrogen functional groups attached to an aromatic ring is 1. The van der Waals surface area contributed by atoms with E-state index in [0.717, 1.165) is 44.0 Å². The van der Waals surface area contributed by atoms with Crippen molar-refractivity contribution in [3.05, 3.63) is 51.4 Å². The summed E-state index contributed by atoms with van der Waals surface area (Å²) in [4.78, 5) is 13.7. The van der Waals surface area contributed by atoms with Gasteiger partial charge in [-0.1, -0.05) is 23.8 Å². The summed E-state index contributed by atoms with van der Waals surface area (Å²) in [6.45, 7) is 8.76. The van der Waals surface area contributed by atoms with E-state index in [-0.39, 0.29) is 24.6 Å². The second-order valence-electron chi connectivity index (χ2n) is 12.3. The number of ether oxygens (including phenoxy) is 2. The SMILES string of the molecule is C=C1CN2CCCC2(COc2nc3c(c(N4CCCC(C)(O)C4)n2)COC(c2c(F)c(N)cc(Cl)c2C(F)(F)F)C3)C1. The van der Waals surface area contributed by atoms with Gasteiger partial charge < -0.3 is 25.2 Å². The lowest BCUT2D eigenvalue weighted by atomic mass is 9.92. The number of alkyl halides is 3. The number of β-amino-alcohol motifs (C(OH)–C–C–N with tert-alkyl or cyclic N) is 1.